The van der Waals surface area contributed by atoms with Crippen molar-refractivity contribution in [1.82, 2.24) is 4.90 Å². The summed E-state index contributed by atoms with van der Waals surface area (Å²) >= 11 is 1.55. The predicted molar refractivity (Wildman–Crippen MR) is 108 cm³/mol. The number of rotatable bonds is 7. The second-order valence-corrected chi connectivity index (χ2v) is 7.77. The molecule has 0 heterocycles. The van der Waals surface area contributed by atoms with Gasteiger partial charge in [-0.2, -0.15) is 0 Å². The van der Waals surface area contributed by atoms with Crippen molar-refractivity contribution in [3.05, 3.63) is 53.6 Å². The highest BCUT2D eigenvalue weighted by Gasteiger charge is 2.12. The Morgan fingerprint density at radius 3 is 2.56 bits per heavy atom. The number of carbonyl (C=O) groups is 2. The average Bonchev–Trinajstić information content (AvgIpc) is 3.13. The van der Waals surface area contributed by atoms with Gasteiger partial charge in [-0.1, -0.05) is 6.07 Å². The van der Waals surface area contributed by atoms with Crippen LogP contribution in [0.4, 0.5) is 5.69 Å². The van der Waals surface area contributed by atoms with Crippen LogP contribution in [-0.2, 0) is 22.4 Å². The van der Waals surface area contributed by atoms with Crippen LogP contribution in [0, 0.1) is 0 Å². The molecule has 27 heavy (non-hydrogen) atoms. The zero-order chi connectivity index (χ0) is 19.2. The topological polar surface area (TPSA) is 58.6 Å². The molecule has 2 amide bonds. The maximum absolute atomic E-state index is 12.2. The summed E-state index contributed by atoms with van der Waals surface area (Å²) in [5.74, 6) is 0.817. The summed E-state index contributed by atoms with van der Waals surface area (Å²) < 4.78 is 5.42. The monoisotopic (exact) mass is 384 g/mol. The van der Waals surface area contributed by atoms with Gasteiger partial charge >= 0.3 is 0 Å². The summed E-state index contributed by atoms with van der Waals surface area (Å²) in [6, 6.07) is 13.5. The summed E-state index contributed by atoms with van der Waals surface area (Å²) in [5, 5.41) is 2.88. The second-order valence-electron chi connectivity index (χ2n) is 6.72. The third-order valence-corrected chi connectivity index (χ3v) is 5.43. The minimum Gasteiger partial charge on any atom is -0.484 e. The molecule has 2 aromatic rings. The Labute approximate surface area is 164 Å². The van der Waals surface area contributed by atoms with E-state index in [1.54, 1.807) is 50.1 Å². The quantitative estimate of drug-likeness (QED) is 0.744. The first kappa shape index (κ1) is 19.3. The van der Waals surface area contributed by atoms with Crippen molar-refractivity contribution in [2.45, 2.75) is 24.2 Å². The van der Waals surface area contributed by atoms with E-state index >= 15 is 0 Å². The summed E-state index contributed by atoms with van der Waals surface area (Å²) in [6.45, 7) is -0.00385. The summed E-state index contributed by atoms with van der Waals surface area (Å²) in [7, 11) is 3.37. The molecule has 0 aliphatic heterocycles. The summed E-state index contributed by atoms with van der Waals surface area (Å²) in [4.78, 5) is 26.3. The molecule has 6 heteroatoms. The number of carbonyl (C=O) groups excluding carboxylic acids is 2. The number of likely N-dealkylation sites (N-methyl/N-ethyl adjacent to an activating group) is 1. The molecule has 0 radical (unpaired) electrons. The molecule has 0 saturated heterocycles. The van der Waals surface area contributed by atoms with Crippen molar-refractivity contribution >= 4 is 29.3 Å². The number of ether oxygens (including phenoxy) is 1. The number of aryl methyl sites for hydroxylation is 2. The van der Waals surface area contributed by atoms with Gasteiger partial charge in [0.15, 0.2) is 6.61 Å². The Morgan fingerprint density at radius 2 is 1.81 bits per heavy atom. The normalized spacial score (nSPS) is 12.4. The van der Waals surface area contributed by atoms with E-state index in [0.29, 0.717) is 17.2 Å². The molecule has 0 aromatic heterocycles. The Balaban J connectivity index is 1.45. The van der Waals surface area contributed by atoms with Crippen molar-refractivity contribution in [3.8, 4) is 5.75 Å². The standard InChI is InChI=1S/C21H24N2O3S/c1-23(2)21(25)13-26-18-9-7-17(8-10-18)22-20(24)14-27-19-11-6-15-4-3-5-16(15)12-19/h6-12H,3-5,13-14H2,1-2H3,(H,22,24). The van der Waals surface area contributed by atoms with E-state index in [1.807, 2.05) is 0 Å². The van der Waals surface area contributed by atoms with Gasteiger partial charge in [0.05, 0.1) is 5.75 Å². The highest BCUT2D eigenvalue weighted by atomic mass is 32.2. The van der Waals surface area contributed by atoms with Gasteiger partial charge in [-0.25, -0.2) is 0 Å². The Morgan fingerprint density at radius 1 is 1.07 bits per heavy atom. The number of thioether (sulfide) groups is 1. The summed E-state index contributed by atoms with van der Waals surface area (Å²) in [5.41, 5.74) is 3.57. The lowest BCUT2D eigenvalue weighted by Crippen LogP contribution is -2.27. The first-order chi connectivity index (χ1) is 13.0. The highest BCUT2D eigenvalue weighted by Crippen LogP contribution is 2.27. The number of nitrogens with zero attached hydrogens (tertiary/aromatic N) is 1. The smallest absolute Gasteiger partial charge is 0.259 e. The van der Waals surface area contributed by atoms with Crippen LogP contribution in [0.3, 0.4) is 0 Å². The van der Waals surface area contributed by atoms with E-state index in [0.717, 1.165) is 11.3 Å². The average molecular weight is 385 g/mol. The molecule has 142 valence electrons. The van der Waals surface area contributed by atoms with Gasteiger partial charge in [-0.3, -0.25) is 9.59 Å². The first-order valence-electron chi connectivity index (χ1n) is 8.99. The maximum atomic E-state index is 12.2. The molecule has 0 unspecified atom stereocenters. The number of nitrogens with one attached hydrogen (secondary N) is 1. The van der Waals surface area contributed by atoms with Crippen molar-refractivity contribution in [3.63, 3.8) is 0 Å². The maximum Gasteiger partial charge on any atom is 0.259 e. The number of amides is 2. The van der Waals surface area contributed by atoms with Gasteiger partial charge in [0.25, 0.3) is 5.91 Å². The fourth-order valence-corrected chi connectivity index (χ4v) is 3.65. The van der Waals surface area contributed by atoms with Gasteiger partial charge in [0.1, 0.15) is 5.75 Å². The number of benzene rings is 2. The molecular formula is C21H24N2O3S. The Kier molecular flexibility index (Phi) is 6.40. The largest absolute Gasteiger partial charge is 0.484 e. The van der Waals surface area contributed by atoms with Crippen LogP contribution in [0.15, 0.2) is 47.4 Å². The van der Waals surface area contributed by atoms with Crippen molar-refractivity contribution in [2.24, 2.45) is 0 Å². The minimum atomic E-state index is -0.101. The SMILES string of the molecule is CN(C)C(=O)COc1ccc(NC(=O)CSc2ccc3c(c2)CCC3)cc1. The van der Waals surface area contributed by atoms with E-state index in [9.17, 15) is 9.59 Å². The fraction of sp³-hybridized carbons (Fsp3) is 0.333. The van der Waals surface area contributed by atoms with Crippen LogP contribution >= 0.6 is 11.8 Å². The molecule has 0 atom stereocenters. The lowest BCUT2D eigenvalue weighted by Gasteiger charge is -2.12. The highest BCUT2D eigenvalue weighted by molar-refractivity contribution is 8.00. The van der Waals surface area contributed by atoms with Crippen LogP contribution < -0.4 is 10.1 Å². The summed E-state index contributed by atoms with van der Waals surface area (Å²) in [6.07, 6.45) is 3.54. The van der Waals surface area contributed by atoms with Gasteiger partial charge in [-0.15, -0.1) is 11.8 Å². The van der Waals surface area contributed by atoms with Gasteiger partial charge in [0, 0.05) is 24.7 Å². The van der Waals surface area contributed by atoms with E-state index in [1.165, 1.54) is 28.9 Å². The molecule has 3 rings (SSSR count). The fourth-order valence-electron chi connectivity index (χ4n) is 2.89. The lowest BCUT2D eigenvalue weighted by molar-refractivity contribution is -0.130. The molecule has 5 nitrogen and oxygen atoms in total. The molecule has 0 saturated carbocycles. The van der Waals surface area contributed by atoms with Gasteiger partial charge < -0.3 is 15.0 Å². The van der Waals surface area contributed by atoms with Gasteiger partial charge in [-0.05, 0) is 66.8 Å². The second kappa shape index (κ2) is 8.95. The van der Waals surface area contributed by atoms with E-state index < -0.39 is 0 Å². The molecule has 1 aliphatic rings. The molecular weight excluding hydrogens is 360 g/mol. The Hall–Kier alpha value is -2.47. The van der Waals surface area contributed by atoms with E-state index in [4.69, 9.17) is 4.74 Å². The van der Waals surface area contributed by atoms with Crippen molar-refractivity contribution in [1.29, 1.82) is 0 Å². The van der Waals surface area contributed by atoms with Crippen LogP contribution in [0.25, 0.3) is 0 Å². The van der Waals surface area contributed by atoms with Crippen LogP contribution in [0.5, 0.6) is 5.75 Å². The van der Waals surface area contributed by atoms with Crippen molar-refractivity contribution in [2.75, 3.05) is 31.8 Å². The zero-order valence-electron chi connectivity index (χ0n) is 15.7. The third kappa shape index (κ3) is 5.50. The molecule has 0 fully saturated rings. The number of hydrogen-bond acceptors (Lipinski definition) is 4. The van der Waals surface area contributed by atoms with Crippen LogP contribution in [0.2, 0.25) is 0 Å². The Bertz CT molecular complexity index is 819. The van der Waals surface area contributed by atoms with Crippen molar-refractivity contribution < 1.29 is 14.3 Å². The predicted octanol–water partition coefficient (Wildman–Crippen LogP) is 3.37. The van der Waals surface area contributed by atoms with Crippen LogP contribution in [0.1, 0.15) is 17.5 Å². The van der Waals surface area contributed by atoms with E-state index in [2.05, 4.69) is 23.5 Å². The molecule has 1 aliphatic carbocycles. The first-order valence-corrected chi connectivity index (χ1v) is 9.97. The van der Waals surface area contributed by atoms with E-state index in [-0.39, 0.29) is 18.4 Å². The molecule has 0 bridgehead atoms. The zero-order valence-corrected chi connectivity index (χ0v) is 16.5. The molecule has 1 N–H and O–H groups in total. The number of anilines is 1. The molecule has 0 spiro atoms. The van der Waals surface area contributed by atoms with Crippen LogP contribution in [-0.4, -0.2) is 43.2 Å². The number of fused-ring (bicyclic) bond motifs is 1. The third-order valence-electron chi connectivity index (χ3n) is 4.44. The molecule has 2 aromatic carbocycles. The minimum absolute atomic E-state index is 0.00385. The lowest BCUT2D eigenvalue weighted by atomic mass is 10.1. The number of hydrogen-bond donors (Lipinski definition) is 1. The van der Waals surface area contributed by atoms with Gasteiger partial charge in [0.2, 0.25) is 5.91 Å².